The molecule has 8 heteroatoms. The summed E-state index contributed by atoms with van der Waals surface area (Å²) in [5, 5.41) is 15.9. The maximum absolute atomic E-state index is 12.2. The van der Waals surface area contributed by atoms with E-state index in [4.69, 9.17) is 0 Å². The molecule has 1 N–H and O–H groups in total. The molecular formula is C13H15N5O2S. The molecule has 3 rings (SSSR count). The van der Waals surface area contributed by atoms with E-state index in [0.717, 1.165) is 17.8 Å². The second kappa shape index (κ2) is 5.03. The molecule has 21 heavy (non-hydrogen) atoms. The van der Waals surface area contributed by atoms with E-state index in [1.807, 2.05) is 0 Å². The number of aryl methyl sites for hydroxylation is 2. The highest BCUT2D eigenvalue weighted by atomic mass is 32.1. The van der Waals surface area contributed by atoms with Gasteiger partial charge in [0.05, 0.1) is 11.3 Å². The molecule has 2 aromatic rings. The topological polar surface area (TPSA) is 89.8 Å². The van der Waals surface area contributed by atoms with E-state index in [2.05, 4.69) is 20.6 Å². The number of amides is 1. The molecular weight excluding hydrogens is 290 g/mol. The van der Waals surface area contributed by atoms with Gasteiger partial charge in [0, 0.05) is 18.7 Å². The van der Waals surface area contributed by atoms with Gasteiger partial charge < -0.3 is 0 Å². The Bertz CT molecular complexity index is 729. The fourth-order valence-corrected chi connectivity index (χ4v) is 3.06. The molecule has 1 aliphatic carbocycles. The van der Waals surface area contributed by atoms with E-state index in [0.29, 0.717) is 28.0 Å². The molecule has 2 aromatic heterocycles. The Kier molecular flexibility index (Phi) is 3.32. The van der Waals surface area contributed by atoms with Gasteiger partial charge in [0.25, 0.3) is 11.7 Å². The van der Waals surface area contributed by atoms with Crippen LogP contribution >= 0.6 is 11.3 Å². The number of anilines is 1. The lowest BCUT2D eigenvalue weighted by atomic mass is 10.1. The molecule has 7 nitrogen and oxygen atoms in total. The number of hydrogen-bond donors (Lipinski definition) is 1. The Morgan fingerprint density at radius 3 is 2.57 bits per heavy atom. The maximum atomic E-state index is 12.2. The van der Waals surface area contributed by atoms with Gasteiger partial charge in [0.1, 0.15) is 5.01 Å². The highest BCUT2D eigenvalue weighted by Crippen LogP contribution is 2.42. The van der Waals surface area contributed by atoms with Crippen molar-refractivity contribution in [3.05, 3.63) is 22.0 Å². The zero-order valence-electron chi connectivity index (χ0n) is 12.0. The standard InChI is InChI=1S/C13H15N5O2S/c1-6-9(7(2)18(3)17-6)10(19)11(20)14-13-16-15-12(21-13)8-4-5-8/h8H,4-5H2,1-3H3,(H,14,16,20). The number of nitrogens with zero attached hydrogens (tertiary/aromatic N) is 4. The number of nitrogens with one attached hydrogen (secondary N) is 1. The van der Waals surface area contributed by atoms with Crippen molar-refractivity contribution in [2.24, 2.45) is 7.05 Å². The first-order valence-electron chi connectivity index (χ1n) is 6.66. The van der Waals surface area contributed by atoms with Crippen LogP contribution in [0.2, 0.25) is 0 Å². The van der Waals surface area contributed by atoms with Crippen molar-refractivity contribution >= 4 is 28.2 Å². The van der Waals surface area contributed by atoms with Crippen molar-refractivity contribution in [3.63, 3.8) is 0 Å². The Morgan fingerprint density at radius 2 is 2.00 bits per heavy atom. The number of carbonyl (C=O) groups excluding carboxylic acids is 2. The molecule has 1 aliphatic rings. The van der Waals surface area contributed by atoms with E-state index >= 15 is 0 Å². The van der Waals surface area contributed by atoms with E-state index in [-0.39, 0.29) is 0 Å². The van der Waals surface area contributed by atoms with Crippen LogP contribution in [0.15, 0.2) is 0 Å². The fraction of sp³-hybridized carbons (Fsp3) is 0.462. The zero-order valence-corrected chi connectivity index (χ0v) is 12.8. The minimum atomic E-state index is -0.701. The molecule has 0 aromatic carbocycles. The molecule has 0 radical (unpaired) electrons. The molecule has 0 saturated heterocycles. The van der Waals surface area contributed by atoms with E-state index in [1.165, 1.54) is 11.3 Å². The summed E-state index contributed by atoms with van der Waals surface area (Å²) in [5.74, 6) is -0.819. The summed E-state index contributed by atoms with van der Waals surface area (Å²) in [6.07, 6.45) is 2.24. The zero-order chi connectivity index (χ0) is 15.1. The first-order chi connectivity index (χ1) is 9.97. The van der Waals surface area contributed by atoms with Gasteiger partial charge in [-0.05, 0) is 26.7 Å². The summed E-state index contributed by atoms with van der Waals surface area (Å²) in [6.45, 7) is 3.47. The molecule has 110 valence electrons. The number of ketones is 1. The van der Waals surface area contributed by atoms with Crippen LogP contribution in [0.25, 0.3) is 0 Å². The van der Waals surface area contributed by atoms with Gasteiger partial charge in [-0.25, -0.2) is 0 Å². The molecule has 0 aliphatic heterocycles. The van der Waals surface area contributed by atoms with Crippen molar-refractivity contribution in [2.75, 3.05) is 5.32 Å². The van der Waals surface area contributed by atoms with Gasteiger partial charge in [0.2, 0.25) is 5.13 Å². The van der Waals surface area contributed by atoms with Crippen LogP contribution in [0.1, 0.15) is 45.5 Å². The predicted molar refractivity (Wildman–Crippen MR) is 77.5 cm³/mol. The van der Waals surface area contributed by atoms with Gasteiger partial charge in [-0.1, -0.05) is 11.3 Å². The summed E-state index contributed by atoms with van der Waals surface area (Å²) in [5.41, 5.74) is 1.57. The highest BCUT2D eigenvalue weighted by Gasteiger charge is 2.29. The summed E-state index contributed by atoms with van der Waals surface area (Å²) in [7, 11) is 1.74. The largest absolute Gasteiger partial charge is 0.298 e. The SMILES string of the molecule is Cc1nn(C)c(C)c1C(=O)C(=O)Nc1nnc(C2CC2)s1. The minimum Gasteiger partial charge on any atom is -0.294 e. The molecule has 1 saturated carbocycles. The van der Waals surface area contributed by atoms with Gasteiger partial charge in [-0.15, -0.1) is 10.2 Å². The van der Waals surface area contributed by atoms with Crippen LogP contribution in [0.3, 0.4) is 0 Å². The number of hydrogen-bond acceptors (Lipinski definition) is 6. The number of aromatic nitrogens is 4. The van der Waals surface area contributed by atoms with Crippen LogP contribution < -0.4 is 5.32 Å². The predicted octanol–water partition coefficient (Wildman–Crippen LogP) is 1.59. The van der Waals surface area contributed by atoms with Gasteiger partial charge in [0.15, 0.2) is 0 Å². The molecule has 0 spiro atoms. The molecule has 1 amide bonds. The normalized spacial score (nSPS) is 14.2. The lowest BCUT2D eigenvalue weighted by Gasteiger charge is -2.01. The fourth-order valence-electron chi connectivity index (χ4n) is 2.15. The third kappa shape index (κ3) is 2.58. The van der Waals surface area contributed by atoms with Crippen LogP contribution in [0, 0.1) is 13.8 Å². The first-order valence-corrected chi connectivity index (χ1v) is 7.48. The van der Waals surface area contributed by atoms with Crippen molar-refractivity contribution < 1.29 is 9.59 Å². The lowest BCUT2D eigenvalue weighted by molar-refractivity contribution is -0.112. The number of Topliss-reactive ketones (excluding diaryl/α,β-unsaturated/α-hetero) is 1. The lowest BCUT2D eigenvalue weighted by Crippen LogP contribution is -2.24. The smallest absolute Gasteiger partial charge is 0.294 e. The Balaban J connectivity index is 1.76. The summed E-state index contributed by atoms with van der Waals surface area (Å²) < 4.78 is 1.59. The van der Waals surface area contributed by atoms with Crippen molar-refractivity contribution in [1.29, 1.82) is 0 Å². The maximum Gasteiger partial charge on any atom is 0.298 e. The van der Waals surface area contributed by atoms with Crippen LogP contribution in [-0.2, 0) is 11.8 Å². The second-order valence-corrected chi connectivity index (χ2v) is 6.18. The van der Waals surface area contributed by atoms with Gasteiger partial charge in [-0.3, -0.25) is 19.6 Å². The number of carbonyl (C=O) groups is 2. The average Bonchev–Trinajstić information content (AvgIpc) is 3.13. The van der Waals surface area contributed by atoms with Crippen LogP contribution in [0.5, 0.6) is 0 Å². The molecule has 0 unspecified atom stereocenters. The monoisotopic (exact) mass is 305 g/mol. The van der Waals surface area contributed by atoms with Crippen LogP contribution in [-0.4, -0.2) is 31.7 Å². The minimum absolute atomic E-state index is 0.349. The average molecular weight is 305 g/mol. The van der Waals surface area contributed by atoms with Crippen molar-refractivity contribution in [3.8, 4) is 0 Å². The third-order valence-electron chi connectivity index (χ3n) is 3.53. The second-order valence-electron chi connectivity index (χ2n) is 5.17. The van der Waals surface area contributed by atoms with Crippen LogP contribution in [0.4, 0.5) is 5.13 Å². The summed E-state index contributed by atoms with van der Waals surface area (Å²) in [4.78, 5) is 24.3. The van der Waals surface area contributed by atoms with E-state index in [9.17, 15) is 9.59 Å². The van der Waals surface area contributed by atoms with Crippen molar-refractivity contribution in [1.82, 2.24) is 20.0 Å². The molecule has 0 atom stereocenters. The quantitative estimate of drug-likeness (QED) is 0.684. The third-order valence-corrected chi connectivity index (χ3v) is 4.53. The molecule has 2 heterocycles. The first kappa shape index (κ1) is 13.9. The summed E-state index contributed by atoms with van der Waals surface area (Å²) in [6, 6.07) is 0. The number of rotatable bonds is 4. The summed E-state index contributed by atoms with van der Waals surface area (Å²) >= 11 is 1.33. The molecule has 0 bridgehead atoms. The van der Waals surface area contributed by atoms with Gasteiger partial charge >= 0.3 is 0 Å². The van der Waals surface area contributed by atoms with E-state index in [1.54, 1.807) is 25.6 Å². The Labute approximate surface area is 125 Å². The Morgan fingerprint density at radius 1 is 1.29 bits per heavy atom. The highest BCUT2D eigenvalue weighted by molar-refractivity contribution is 7.15. The van der Waals surface area contributed by atoms with E-state index < -0.39 is 11.7 Å². The van der Waals surface area contributed by atoms with Gasteiger partial charge in [-0.2, -0.15) is 5.10 Å². The Hall–Kier alpha value is -2.09. The van der Waals surface area contributed by atoms with Crippen molar-refractivity contribution in [2.45, 2.75) is 32.6 Å². The molecule has 1 fully saturated rings.